The Bertz CT molecular complexity index is 765. The van der Waals surface area contributed by atoms with E-state index in [0.29, 0.717) is 12.1 Å². The fourth-order valence-electron chi connectivity index (χ4n) is 2.82. The average Bonchev–Trinajstić information content (AvgIpc) is 2.98. The van der Waals surface area contributed by atoms with E-state index in [4.69, 9.17) is 7.85 Å². The van der Waals surface area contributed by atoms with E-state index >= 15 is 0 Å². The SMILES string of the molecule is [B]C1CCCN1C(=O)CNC(=O)c1ccc2cc(I)ccc2c1. The van der Waals surface area contributed by atoms with Crippen molar-refractivity contribution in [3.8, 4) is 0 Å². The van der Waals surface area contributed by atoms with E-state index in [1.54, 1.807) is 11.0 Å². The highest BCUT2D eigenvalue weighted by Gasteiger charge is 2.24. The topological polar surface area (TPSA) is 49.4 Å². The van der Waals surface area contributed by atoms with Crippen molar-refractivity contribution in [3.63, 3.8) is 0 Å². The number of benzene rings is 2. The van der Waals surface area contributed by atoms with Crippen molar-refractivity contribution < 1.29 is 9.59 Å². The summed E-state index contributed by atoms with van der Waals surface area (Å²) in [5.74, 6) is -0.590. The Balaban J connectivity index is 1.66. The number of nitrogens with one attached hydrogen (secondary N) is 1. The van der Waals surface area contributed by atoms with Crippen molar-refractivity contribution in [3.05, 3.63) is 45.5 Å². The van der Waals surface area contributed by atoms with Gasteiger partial charge in [0.1, 0.15) is 0 Å². The molecule has 2 aromatic carbocycles. The molecule has 0 spiro atoms. The molecule has 0 aromatic heterocycles. The van der Waals surface area contributed by atoms with Gasteiger partial charge in [0.15, 0.2) is 0 Å². The predicted octanol–water partition coefficient (Wildman–Crippen LogP) is 2.29. The zero-order chi connectivity index (χ0) is 16.4. The molecule has 3 rings (SSSR count). The minimum Gasteiger partial charge on any atom is -0.347 e. The van der Waals surface area contributed by atoms with Gasteiger partial charge in [0, 0.05) is 15.7 Å². The Morgan fingerprint density at radius 3 is 2.70 bits per heavy atom. The van der Waals surface area contributed by atoms with Gasteiger partial charge in [-0.2, -0.15) is 0 Å². The molecule has 4 nitrogen and oxygen atoms in total. The fraction of sp³-hybridized carbons (Fsp3) is 0.294. The lowest BCUT2D eigenvalue weighted by Gasteiger charge is -2.22. The average molecular weight is 418 g/mol. The minimum atomic E-state index is -0.244. The van der Waals surface area contributed by atoms with Crippen molar-refractivity contribution in [2.75, 3.05) is 13.1 Å². The van der Waals surface area contributed by atoms with Gasteiger partial charge in [-0.25, -0.2) is 0 Å². The molecule has 6 heteroatoms. The number of hydrogen-bond donors (Lipinski definition) is 1. The van der Waals surface area contributed by atoms with E-state index < -0.39 is 0 Å². The molecule has 1 saturated heterocycles. The molecule has 2 radical (unpaired) electrons. The van der Waals surface area contributed by atoms with Crippen LogP contribution in [0.3, 0.4) is 0 Å². The van der Waals surface area contributed by atoms with Crippen LogP contribution < -0.4 is 5.32 Å². The highest BCUT2D eigenvalue weighted by atomic mass is 127. The van der Waals surface area contributed by atoms with E-state index in [0.717, 1.165) is 27.2 Å². The van der Waals surface area contributed by atoms with Gasteiger partial charge in [-0.15, -0.1) is 0 Å². The first kappa shape index (κ1) is 16.3. The van der Waals surface area contributed by atoms with E-state index in [1.165, 1.54) is 0 Å². The number of carbonyl (C=O) groups excluding carboxylic acids is 2. The quantitative estimate of drug-likeness (QED) is 0.615. The lowest BCUT2D eigenvalue weighted by atomic mass is 9.94. The molecule has 1 aliphatic rings. The van der Waals surface area contributed by atoms with Crippen LogP contribution in [0.2, 0.25) is 0 Å². The van der Waals surface area contributed by atoms with Gasteiger partial charge in [-0.05, 0) is 76.4 Å². The maximum absolute atomic E-state index is 12.2. The maximum Gasteiger partial charge on any atom is 0.251 e. The van der Waals surface area contributed by atoms with E-state index in [2.05, 4.69) is 34.0 Å². The molecular formula is C17H16BIN2O2. The summed E-state index contributed by atoms with van der Waals surface area (Å²) in [7, 11) is 5.86. The van der Waals surface area contributed by atoms with Crippen LogP contribution in [0.25, 0.3) is 10.8 Å². The Morgan fingerprint density at radius 1 is 1.22 bits per heavy atom. The number of halogens is 1. The number of carbonyl (C=O) groups is 2. The van der Waals surface area contributed by atoms with Gasteiger partial charge in [-0.3, -0.25) is 9.59 Å². The third-order valence-electron chi connectivity index (χ3n) is 4.08. The zero-order valence-electron chi connectivity index (χ0n) is 12.6. The molecule has 0 aliphatic carbocycles. The van der Waals surface area contributed by atoms with Crippen LogP contribution in [-0.4, -0.2) is 43.6 Å². The number of fused-ring (bicyclic) bond motifs is 1. The number of nitrogens with zero attached hydrogens (tertiary/aromatic N) is 1. The standard InChI is InChI=1S/C17H16BIN2O2/c18-15-2-1-7-21(15)16(22)10-20-17(23)13-4-3-12-9-14(19)6-5-11(12)8-13/h3-6,8-9,15H,1-2,7,10H2,(H,20,23). The van der Waals surface area contributed by atoms with Crippen LogP contribution in [0.15, 0.2) is 36.4 Å². The number of hydrogen-bond acceptors (Lipinski definition) is 2. The van der Waals surface area contributed by atoms with Crippen molar-refractivity contribution in [1.82, 2.24) is 10.2 Å². The normalized spacial score (nSPS) is 17.4. The zero-order valence-corrected chi connectivity index (χ0v) is 14.7. The molecule has 2 amide bonds. The first-order valence-electron chi connectivity index (χ1n) is 7.57. The summed E-state index contributed by atoms with van der Waals surface area (Å²) in [5.41, 5.74) is 0.553. The van der Waals surface area contributed by atoms with Crippen LogP contribution in [0.4, 0.5) is 0 Å². The van der Waals surface area contributed by atoms with Crippen molar-refractivity contribution >= 4 is 53.0 Å². The van der Waals surface area contributed by atoms with E-state index in [1.807, 2.05) is 24.3 Å². The molecule has 1 atom stereocenters. The third kappa shape index (κ3) is 3.68. The molecule has 1 unspecified atom stereocenters. The van der Waals surface area contributed by atoms with Gasteiger partial charge in [0.25, 0.3) is 5.91 Å². The van der Waals surface area contributed by atoms with Crippen molar-refractivity contribution in [2.45, 2.75) is 18.8 Å². The molecular weight excluding hydrogens is 402 g/mol. The number of amides is 2. The highest BCUT2D eigenvalue weighted by Crippen LogP contribution is 2.19. The maximum atomic E-state index is 12.2. The molecule has 0 saturated carbocycles. The monoisotopic (exact) mass is 418 g/mol. The molecule has 1 fully saturated rings. The Hall–Kier alpha value is -1.57. The first-order valence-corrected chi connectivity index (χ1v) is 8.65. The molecule has 1 heterocycles. The second kappa shape index (κ2) is 6.90. The molecule has 1 N–H and O–H groups in total. The fourth-order valence-corrected chi connectivity index (χ4v) is 3.33. The Labute approximate surface area is 150 Å². The van der Waals surface area contributed by atoms with Crippen LogP contribution in [0.1, 0.15) is 23.2 Å². The van der Waals surface area contributed by atoms with E-state index in [-0.39, 0.29) is 24.3 Å². The Kier molecular flexibility index (Phi) is 4.89. The van der Waals surface area contributed by atoms with Crippen LogP contribution in [0, 0.1) is 3.57 Å². The van der Waals surface area contributed by atoms with Gasteiger partial charge in [0.05, 0.1) is 14.4 Å². The summed E-state index contributed by atoms with van der Waals surface area (Å²) >= 11 is 2.26. The number of likely N-dealkylation sites (tertiary alicyclic amines) is 1. The molecule has 0 bridgehead atoms. The third-order valence-corrected chi connectivity index (χ3v) is 4.76. The summed E-state index contributed by atoms with van der Waals surface area (Å²) in [5, 5.41) is 4.78. The van der Waals surface area contributed by atoms with Crippen LogP contribution in [-0.2, 0) is 4.79 Å². The molecule has 23 heavy (non-hydrogen) atoms. The highest BCUT2D eigenvalue weighted by molar-refractivity contribution is 14.1. The smallest absolute Gasteiger partial charge is 0.251 e. The van der Waals surface area contributed by atoms with Gasteiger partial charge in [-0.1, -0.05) is 12.1 Å². The Morgan fingerprint density at radius 2 is 1.96 bits per heavy atom. The van der Waals surface area contributed by atoms with Gasteiger partial charge < -0.3 is 10.2 Å². The summed E-state index contributed by atoms with van der Waals surface area (Å²) in [4.78, 5) is 25.9. The number of rotatable bonds is 3. The molecule has 116 valence electrons. The van der Waals surface area contributed by atoms with Crippen molar-refractivity contribution in [2.24, 2.45) is 0 Å². The largest absolute Gasteiger partial charge is 0.347 e. The lowest BCUT2D eigenvalue weighted by Crippen LogP contribution is -2.42. The second-order valence-corrected chi connectivity index (χ2v) is 6.93. The summed E-state index contributed by atoms with van der Waals surface area (Å²) in [6.07, 6.45) is 1.74. The van der Waals surface area contributed by atoms with Crippen LogP contribution >= 0.6 is 22.6 Å². The predicted molar refractivity (Wildman–Crippen MR) is 99.5 cm³/mol. The summed E-state index contributed by atoms with van der Waals surface area (Å²) < 4.78 is 1.15. The summed E-state index contributed by atoms with van der Waals surface area (Å²) in [6.45, 7) is 0.655. The van der Waals surface area contributed by atoms with Gasteiger partial charge >= 0.3 is 0 Å². The summed E-state index contributed by atoms with van der Waals surface area (Å²) in [6, 6.07) is 11.6. The molecule has 1 aliphatic heterocycles. The first-order chi connectivity index (χ1) is 11.0. The van der Waals surface area contributed by atoms with Crippen molar-refractivity contribution in [1.29, 1.82) is 0 Å². The van der Waals surface area contributed by atoms with Crippen LogP contribution in [0.5, 0.6) is 0 Å². The molecule has 2 aromatic rings. The second-order valence-electron chi connectivity index (χ2n) is 5.69. The lowest BCUT2D eigenvalue weighted by molar-refractivity contribution is -0.129. The minimum absolute atomic E-state index is 0.0166. The van der Waals surface area contributed by atoms with Gasteiger partial charge in [0.2, 0.25) is 5.91 Å². The van der Waals surface area contributed by atoms with E-state index in [9.17, 15) is 9.59 Å².